The Balaban J connectivity index is 1.26. The van der Waals surface area contributed by atoms with Crippen LogP contribution in [0, 0.1) is 11.8 Å². The molecule has 0 radical (unpaired) electrons. The zero-order chi connectivity index (χ0) is 23.9. The Kier molecular flexibility index (Phi) is 8.00. The molecule has 8 heteroatoms. The first-order valence-corrected chi connectivity index (χ1v) is 12.1. The maximum atomic E-state index is 12.7. The maximum absolute atomic E-state index is 12.7. The van der Waals surface area contributed by atoms with E-state index in [0.717, 1.165) is 51.5 Å². The van der Waals surface area contributed by atoms with Crippen molar-refractivity contribution in [2.75, 3.05) is 25.0 Å². The number of aromatic nitrogens is 2. The first-order valence-electron chi connectivity index (χ1n) is 12.1. The number of nitrogens with zero attached hydrogens (tertiary/aromatic N) is 3. The fourth-order valence-electron chi connectivity index (χ4n) is 4.93. The first kappa shape index (κ1) is 24.0. The molecule has 2 aliphatic rings. The molecule has 1 aliphatic heterocycles. The minimum absolute atomic E-state index is 0.162. The molecule has 2 N–H and O–H groups in total. The highest BCUT2D eigenvalue weighted by Gasteiger charge is 2.24. The predicted molar refractivity (Wildman–Crippen MR) is 129 cm³/mol. The molecule has 34 heavy (non-hydrogen) atoms. The van der Waals surface area contributed by atoms with Gasteiger partial charge in [-0.05, 0) is 50.2 Å². The second-order valence-electron chi connectivity index (χ2n) is 9.45. The molecule has 4 rings (SSSR count). The van der Waals surface area contributed by atoms with E-state index in [0.29, 0.717) is 12.4 Å². The molecule has 1 amide bonds. The number of aldehydes is 1. The number of hydrogen-bond donors (Lipinski definition) is 2. The van der Waals surface area contributed by atoms with Gasteiger partial charge in [0, 0.05) is 50.1 Å². The van der Waals surface area contributed by atoms with E-state index in [1.807, 2.05) is 6.07 Å². The van der Waals surface area contributed by atoms with Crippen LogP contribution < -0.4 is 10.6 Å². The van der Waals surface area contributed by atoms with Gasteiger partial charge in [0.25, 0.3) is 5.91 Å². The molecule has 1 aliphatic carbocycles. The van der Waals surface area contributed by atoms with E-state index in [1.165, 1.54) is 17.5 Å². The highest BCUT2D eigenvalue weighted by atomic mass is 16.2. The number of carbonyl (C=O) groups excluding carboxylic acids is 3. The van der Waals surface area contributed by atoms with Crippen LogP contribution in [0.5, 0.6) is 0 Å². The van der Waals surface area contributed by atoms with Crippen LogP contribution in [-0.4, -0.2) is 58.5 Å². The molecule has 8 nitrogen and oxygen atoms in total. The van der Waals surface area contributed by atoms with Crippen molar-refractivity contribution in [2.45, 2.75) is 51.6 Å². The third-order valence-corrected chi connectivity index (χ3v) is 6.97. The second-order valence-corrected chi connectivity index (χ2v) is 9.45. The highest BCUT2D eigenvalue weighted by Crippen LogP contribution is 2.27. The standard InChI is InChI=1S/C26H33N5O3/c1-18(33)20-6-8-23(9-7-20)30-25-12-24(28-17-29-25)26(34)27-13-19(16-32)14-31-11-10-21-4-2-3-5-22(21)15-31/h2-5,12,16-17,19-20,23H,6-11,13-15H2,1H3,(H,27,34)(H,28,29,30)/t19?,20-,23+. The van der Waals surface area contributed by atoms with Crippen LogP contribution >= 0.6 is 0 Å². The number of hydrogen-bond acceptors (Lipinski definition) is 7. The van der Waals surface area contributed by atoms with Crippen molar-refractivity contribution in [1.82, 2.24) is 20.2 Å². The number of ketones is 1. The zero-order valence-corrected chi connectivity index (χ0v) is 19.7. The van der Waals surface area contributed by atoms with Gasteiger partial charge in [-0.25, -0.2) is 9.97 Å². The SMILES string of the molecule is CC(=O)[C@H]1CC[C@@H](Nc2cc(C(=O)NCC(C=O)CN3CCc4ccccc4C3)ncn2)CC1. The van der Waals surface area contributed by atoms with Crippen LogP contribution in [0.15, 0.2) is 36.7 Å². The molecule has 1 fully saturated rings. The van der Waals surface area contributed by atoms with Crippen molar-refractivity contribution in [3.8, 4) is 0 Å². The van der Waals surface area contributed by atoms with Gasteiger partial charge in [-0.3, -0.25) is 14.5 Å². The van der Waals surface area contributed by atoms with Crippen LogP contribution in [-0.2, 0) is 22.6 Å². The largest absolute Gasteiger partial charge is 0.367 e. The first-order chi connectivity index (χ1) is 16.5. The molecule has 2 heterocycles. The molecule has 1 aromatic carbocycles. The van der Waals surface area contributed by atoms with Crippen LogP contribution in [0.1, 0.15) is 54.2 Å². The lowest BCUT2D eigenvalue weighted by molar-refractivity contribution is -0.121. The van der Waals surface area contributed by atoms with Crippen molar-refractivity contribution in [3.63, 3.8) is 0 Å². The van der Waals surface area contributed by atoms with Crippen LogP contribution in [0.25, 0.3) is 0 Å². The Bertz CT molecular complexity index is 1020. The summed E-state index contributed by atoms with van der Waals surface area (Å²) in [5.41, 5.74) is 2.94. The molecular formula is C26H33N5O3. The molecule has 2 aromatic rings. The van der Waals surface area contributed by atoms with Gasteiger partial charge in [0.1, 0.15) is 29.9 Å². The molecule has 180 valence electrons. The van der Waals surface area contributed by atoms with Gasteiger partial charge in [-0.2, -0.15) is 0 Å². The third-order valence-electron chi connectivity index (χ3n) is 6.97. The fourth-order valence-corrected chi connectivity index (χ4v) is 4.93. The summed E-state index contributed by atoms with van der Waals surface area (Å²) in [5.74, 6) is 0.422. The smallest absolute Gasteiger partial charge is 0.270 e. The van der Waals surface area contributed by atoms with E-state index in [1.54, 1.807) is 13.0 Å². The van der Waals surface area contributed by atoms with Crippen molar-refractivity contribution >= 4 is 23.8 Å². The van der Waals surface area contributed by atoms with Crippen molar-refractivity contribution < 1.29 is 14.4 Å². The van der Waals surface area contributed by atoms with Crippen molar-refractivity contribution in [1.29, 1.82) is 0 Å². The molecule has 1 atom stereocenters. The molecule has 0 bridgehead atoms. The van der Waals surface area contributed by atoms with Gasteiger partial charge in [0.15, 0.2) is 0 Å². The lowest BCUT2D eigenvalue weighted by Crippen LogP contribution is -2.40. The third kappa shape index (κ3) is 6.26. The Morgan fingerprint density at radius 3 is 2.65 bits per heavy atom. The van der Waals surface area contributed by atoms with E-state index >= 15 is 0 Å². The van der Waals surface area contributed by atoms with Crippen molar-refractivity contribution in [3.05, 3.63) is 53.5 Å². The summed E-state index contributed by atoms with van der Waals surface area (Å²) in [6.45, 7) is 4.27. The van der Waals surface area contributed by atoms with Gasteiger partial charge >= 0.3 is 0 Å². The summed E-state index contributed by atoms with van der Waals surface area (Å²) in [6.07, 6.45) is 6.82. The normalized spacial score (nSPS) is 21.2. The van der Waals surface area contributed by atoms with Crippen LogP contribution in [0.4, 0.5) is 5.82 Å². The highest BCUT2D eigenvalue weighted by molar-refractivity contribution is 5.93. The minimum Gasteiger partial charge on any atom is -0.367 e. The van der Waals surface area contributed by atoms with Gasteiger partial charge in [0.2, 0.25) is 0 Å². The number of anilines is 1. The maximum Gasteiger partial charge on any atom is 0.270 e. The summed E-state index contributed by atoms with van der Waals surface area (Å²) in [4.78, 5) is 46.5. The quantitative estimate of drug-likeness (QED) is 0.551. The summed E-state index contributed by atoms with van der Waals surface area (Å²) in [5, 5.41) is 6.22. The number of carbonyl (C=O) groups is 3. The predicted octanol–water partition coefficient (Wildman–Crippen LogP) is 2.64. The fraction of sp³-hybridized carbons (Fsp3) is 0.500. The number of benzene rings is 1. The minimum atomic E-state index is -0.318. The molecule has 0 spiro atoms. The number of fused-ring (bicyclic) bond motifs is 1. The topological polar surface area (TPSA) is 104 Å². The summed E-state index contributed by atoms with van der Waals surface area (Å²) in [7, 11) is 0. The number of amides is 1. The summed E-state index contributed by atoms with van der Waals surface area (Å²) < 4.78 is 0. The monoisotopic (exact) mass is 463 g/mol. The van der Waals surface area contributed by atoms with Crippen molar-refractivity contribution in [2.24, 2.45) is 11.8 Å². The Morgan fingerprint density at radius 1 is 1.15 bits per heavy atom. The molecule has 1 aromatic heterocycles. The molecule has 1 saturated carbocycles. The Morgan fingerprint density at radius 2 is 1.91 bits per heavy atom. The van der Waals surface area contributed by atoms with E-state index in [-0.39, 0.29) is 41.8 Å². The second kappa shape index (κ2) is 11.3. The average Bonchev–Trinajstić information content (AvgIpc) is 2.86. The van der Waals surface area contributed by atoms with E-state index in [2.05, 4.69) is 43.7 Å². The number of nitrogens with one attached hydrogen (secondary N) is 2. The number of rotatable bonds is 9. The van der Waals surface area contributed by atoms with Crippen LogP contribution in [0.2, 0.25) is 0 Å². The van der Waals surface area contributed by atoms with Gasteiger partial charge in [0.05, 0.1) is 0 Å². The molecule has 0 saturated heterocycles. The van der Waals surface area contributed by atoms with Gasteiger partial charge in [-0.15, -0.1) is 0 Å². The average molecular weight is 464 g/mol. The van der Waals surface area contributed by atoms with Crippen LogP contribution in [0.3, 0.4) is 0 Å². The number of Topliss-reactive ketones (excluding diaryl/α,β-unsaturated/α-hetero) is 1. The lowest BCUT2D eigenvalue weighted by atomic mass is 9.84. The zero-order valence-electron chi connectivity index (χ0n) is 19.7. The summed E-state index contributed by atoms with van der Waals surface area (Å²) >= 11 is 0. The summed E-state index contributed by atoms with van der Waals surface area (Å²) in [6, 6.07) is 10.3. The molecular weight excluding hydrogens is 430 g/mol. The Hall–Kier alpha value is -3.13. The lowest BCUT2D eigenvalue weighted by Gasteiger charge is -2.30. The van der Waals surface area contributed by atoms with Gasteiger partial charge in [-0.1, -0.05) is 24.3 Å². The van der Waals surface area contributed by atoms with E-state index in [9.17, 15) is 14.4 Å². The van der Waals surface area contributed by atoms with Gasteiger partial charge < -0.3 is 15.4 Å². The Labute approximate surface area is 200 Å². The van der Waals surface area contributed by atoms with E-state index < -0.39 is 0 Å². The molecule has 1 unspecified atom stereocenters. The van der Waals surface area contributed by atoms with E-state index in [4.69, 9.17) is 0 Å².